The maximum Gasteiger partial charge on any atom is 0.333 e. The number of aromatic amines is 1. The molecule has 3 aromatic rings. The molecule has 0 aliphatic heterocycles. The molecule has 130 valence electrons. The van der Waals surface area contributed by atoms with Crippen molar-refractivity contribution < 1.29 is 14.3 Å². The number of carbonyl (C=O) groups excluding carboxylic acids is 1. The van der Waals surface area contributed by atoms with Gasteiger partial charge in [-0.15, -0.1) is 0 Å². The Hall–Kier alpha value is -2.66. The first-order valence-electron chi connectivity index (χ1n) is 7.96. The highest BCUT2D eigenvalue weighted by atomic mass is 35.5. The molecule has 2 N–H and O–H groups in total. The van der Waals surface area contributed by atoms with Gasteiger partial charge in [-0.1, -0.05) is 17.7 Å². The highest BCUT2D eigenvalue weighted by molar-refractivity contribution is 6.35. The zero-order valence-corrected chi connectivity index (χ0v) is 14.8. The van der Waals surface area contributed by atoms with E-state index in [0.717, 1.165) is 27.9 Å². The summed E-state index contributed by atoms with van der Waals surface area (Å²) in [7, 11) is 1.61. The fraction of sp³-hybridized carbons (Fsp3) is 0.211. The highest BCUT2D eigenvalue weighted by Crippen LogP contribution is 2.33. The number of rotatable bonds is 6. The van der Waals surface area contributed by atoms with Gasteiger partial charge in [0.25, 0.3) is 0 Å². The predicted molar refractivity (Wildman–Crippen MR) is 99.3 cm³/mol. The third kappa shape index (κ3) is 3.56. The summed E-state index contributed by atoms with van der Waals surface area (Å²) in [6, 6.07) is 12.3. The van der Waals surface area contributed by atoms with Gasteiger partial charge in [0, 0.05) is 28.4 Å². The zero-order chi connectivity index (χ0) is 17.8. The summed E-state index contributed by atoms with van der Waals surface area (Å²) < 4.78 is 10.4. The molecule has 5 nitrogen and oxygen atoms in total. The van der Waals surface area contributed by atoms with Crippen LogP contribution in [0.5, 0.6) is 5.75 Å². The molecule has 0 amide bonds. The average Bonchev–Trinajstić information content (AvgIpc) is 3.05. The Bertz CT molecular complexity index is 874. The van der Waals surface area contributed by atoms with Gasteiger partial charge in [-0.3, -0.25) is 0 Å². The lowest BCUT2D eigenvalue weighted by molar-refractivity contribution is -0.144. The van der Waals surface area contributed by atoms with Crippen molar-refractivity contribution in [3.05, 3.63) is 59.2 Å². The van der Waals surface area contributed by atoms with Gasteiger partial charge >= 0.3 is 5.97 Å². The SMILES string of the molecule is CCOC(=O)[C@@H](Nc1ccc(OC)cc1)c1c[nH]c2cccc(Cl)c12. The standard InChI is InChI=1S/C19H19ClN2O3/c1-3-25-19(23)18(22-12-7-9-13(24-2)10-8-12)14-11-21-16-6-4-5-15(20)17(14)16/h4-11,18,21-22H,3H2,1-2H3/t18-/m0/s1. The molecule has 6 heteroatoms. The van der Waals surface area contributed by atoms with Crippen LogP contribution in [0, 0.1) is 0 Å². The summed E-state index contributed by atoms with van der Waals surface area (Å²) >= 11 is 6.36. The molecule has 1 heterocycles. The smallest absolute Gasteiger partial charge is 0.333 e. The predicted octanol–water partition coefficient (Wildman–Crippen LogP) is 4.55. The first-order valence-corrected chi connectivity index (χ1v) is 8.34. The molecular formula is C19H19ClN2O3. The van der Waals surface area contributed by atoms with E-state index in [4.69, 9.17) is 21.1 Å². The van der Waals surface area contributed by atoms with Crippen LogP contribution in [0.3, 0.4) is 0 Å². The Morgan fingerprint density at radius 3 is 2.68 bits per heavy atom. The van der Waals surface area contributed by atoms with Crippen LogP contribution in [0.2, 0.25) is 5.02 Å². The van der Waals surface area contributed by atoms with Crippen molar-refractivity contribution in [3.63, 3.8) is 0 Å². The number of hydrogen-bond acceptors (Lipinski definition) is 4. The van der Waals surface area contributed by atoms with Crippen LogP contribution < -0.4 is 10.1 Å². The van der Waals surface area contributed by atoms with E-state index in [1.54, 1.807) is 26.3 Å². The van der Waals surface area contributed by atoms with Gasteiger partial charge in [0.2, 0.25) is 0 Å². The second-order valence-electron chi connectivity index (χ2n) is 5.46. The number of fused-ring (bicyclic) bond motifs is 1. The quantitative estimate of drug-likeness (QED) is 0.635. The van der Waals surface area contributed by atoms with Gasteiger partial charge in [0.05, 0.1) is 18.7 Å². The van der Waals surface area contributed by atoms with Crippen LogP contribution in [0.25, 0.3) is 10.9 Å². The molecule has 25 heavy (non-hydrogen) atoms. The van der Waals surface area contributed by atoms with Crippen molar-refractivity contribution in [1.29, 1.82) is 0 Å². The lowest BCUT2D eigenvalue weighted by Crippen LogP contribution is -2.23. The topological polar surface area (TPSA) is 63.4 Å². The maximum absolute atomic E-state index is 12.6. The van der Waals surface area contributed by atoms with Gasteiger partial charge < -0.3 is 19.8 Å². The number of halogens is 1. The van der Waals surface area contributed by atoms with Crippen LogP contribution in [-0.4, -0.2) is 24.7 Å². The van der Waals surface area contributed by atoms with E-state index >= 15 is 0 Å². The third-order valence-electron chi connectivity index (χ3n) is 3.92. The number of aromatic nitrogens is 1. The Morgan fingerprint density at radius 2 is 2.00 bits per heavy atom. The van der Waals surface area contributed by atoms with Crippen molar-refractivity contribution in [2.24, 2.45) is 0 Å². The normalized spacial score (nSPS) is 12.0. The largest absolute Gasteiger partial charge is 0.497 e. The van der Waals surface area contributed by atoms with Gasteiger partial charge in [0.1, 0.15) is 5.75 Å². The number of H-pyrrole nitrogens is 1. The van der Waals surface area contributed by atoms with Crippen molar-refractivity contribution in [2.45, 2.75) is 13.0 Å². The van der Waals surface area contributed by atoms with E-state index in [0.29, 0.717) is 11.6 Å². The van der Waals surface area contributed by atoms with Crippen molar-refractivity contribution in [3.8, 4) is 5.75 Å². The molecule has 1 aromatic heterocycles. The third-order valence-corrected chi connectivity index (χ3v) is 4.23. The van der Waals surface area contributed by atoms with Crippen LogP contribution in [0.15, 0.2) is 48.7 Å². The number of ether oxygens (including phenoxy) is 2. The van der Waals surface area contributed by atoms with Gasteiger partial charge in [-0.2, -0.15) is 0 Å². The van der Waals surface area contributed by atoms with E-state index in [-0.39, 0.29) is 5.97 Å². The summed E-state index contributed by atoms with van der Waals surface area (Å²) in [5, 5.41) is 4.62. The highest BCUT2D eigenvalue weighted by Gasteiger charge is 2.26. The molecule has 0 saturated carbocycles. The minimum Gasteiger partial charge on any atom is -0.497 e. The van der Waals surface area contributed by atoms with E-state index in [1.807, 2.05) is 36.4 Å². The maximum atomic E-state index is 12.6. The zero-order valence-electron chi connectivity index (χ0n) is 14.0. The molecular weight excluding hydrogens is 340 g/mol. The molecule has 0 aliphatic rings. The van der Waals surface area contributed by atoms with Gasteiger partial charge in [0.15, 0.2) is 6.04 Å². The molecule has 0 radical (unpaired) electrons. The first kappa shape index (κ1) is 17.2. The Balaban J connectivity index is 2.00. The van der Waals surface area contributed by atoms with Crippen molar-refractivity contribution in [1.82, 2.24) is 4.98 Å². The van der Waals surface area contributed by atoms with Crippen LogP contribution >= 0.6 is 11.6 Å². The monoisotopic (exact) mass is 358 g/mol. The fourth-order valence-corrected chi connectivity index (χ4v) is 3.02. The lowest BCUT2D eigenvalue weighted by Gasteiger charge is -2.18. The lowest BCUT2D eigenvalue weighted by atomic mass is 10.1. The second kappa shape index (κ2) is 7.49. The summed E-state index contributed by atoms with van der Waals surface area (Å²) in [6.45, 7) is 2.08. The molecule has 0 fully saturated rings. The average molecular weight is 359 g/mol. The number of carbonyl (C=O) groups is 1. The molecule has 0 spiro atoms. The molecule has 0 unspecified atom stereocenters. The molecule has 3 rings (SSSR count). The van der Waals surface area contributed by atoms with E-state index in [2.05, 4.69) is 10.3 Å². The summed E-state index contributed by atoms with van der Waals surface area (Å²) in [5.41, 5.74) is 2.39. The fourth-order valence-electron chi connectivity index (χ4n) is 2.74. The molecule has 2 aromatic carbocycles. The number of hydrogen-bond donors (Lipinski definition) is 2. The van der Waals surface area contributed by atoms with E-state index in [9.17, 15) is 4.79 Å². The molecule has 0 saturated heterocycles. The van der Waals surface area contributed by atoms with Crippen LogP contribution in [0.4, 0.5) is 5.69 Å². The summed E-state index contributed by atoms with van der Waals surface area (Å²) in [4.78, 5) is 15.7. The molecule has 1 atom stereocenters. The Kier molecular flexibility index (Phi) is 5.14. The van der Waals surface area contributed by atoms with E-state index < -0.39 is 6.04 Å². The Morgan fingerprint density at radius 1 is 1.24 bits per heavy atom. The van der Waals surface area contributed by atoms with E-state index in [1.165, 1.54) is 0 Å². The van der Waals surface area contributed by atoms with Crippen LogP contribution in [-0.2, 0) is 9.53 Å². The first-order chi connectivity index (χ1) is 12.1. The van der Waals surface area contributed by atoms with Gasteiger partial charge in [-0.25, -0.2) is 4.79 Å². The number of esters is 1. The van der Waals surface area contributed by atoms with Crippen molar-refractivity contribution >= 4 is 34.2 Å². The van der Waals surface area contributed by atoms with Crippen LogP contribution in [0.1, 0.15) is 18.5 Å². The minimum absolute atomic E-state index is 0.301. The second-order valence-corrected chi connectivity index (χ2v) is 5.87. The van der Waals surface area contributed by atoms with Gasteiger partial charge in [-0.05, 0) is 43.3 Å². The number of nitrogens with one attached hydrogen (secondary N) is 2. The summed E-state index contributed by atoms with van der Waals surface area (Å²) in [6.07, 6.45) is 1.79. The number of benzene rings is 2. The Labute approximate surface area is 150 Å². The molecule has 0 bridgehead atoms. The summed E-state index contributed by atoms with van der Waals surface area (Å²) in [5.74, 6) is 0.382. The molecule has 0 aliphatic carbocycles. The number of anilines is 1. The van der Waals surface area contributed by atoms with Crippen molar-refractivity contribution in [2.75, 3.05) is 19.0 Å². The minimum atomic E-state index is -0.679. The number of methoxy groups -OCH3 is 1.